The fraction of sp³-hybridized carbons (Fsp3) is 0.444. The number of morpholine rings is 1. The van der Waals surface area contributed by atoms with Gasteiger partial charge in [-0.2, -0.15) is 0 Å². The number of rotatable bonds is 3. The maximum Gasteiger partial charge on any atom is 0.323 e. The molecule has 1 aromatic heterocycles. The van der Waals surface area contributed by atoms with Crippen LogP contribution in [0.1, 0.15) is 41.7 Å². The van der Waals surface area contributed by atoms with Crippen molar-refractivity contribution in [3.63, 3.8) is 0 Å². The van der Waals surface area contributed by atoms with Crippen LogP contribution in [0.5, 0.6) is 0 Å². The summed E-state index contributed by atoms with van der Waals surface area (Å²) in [5.74, 6) is -0.480. The third-order valence-corrected chi connectivity index (χ3v) is 7.95. The van der Waals surface area contributed by atoms with E-state index in [-0.39, 0.29) is 29.9 Å². The van der Waals surface area contributed by atoms with E-state index in [9.17, 15) is 4.79 Å². The fourth-order valence-corrected chi connectivity index (χ4v) is 6.41. The zero-order valence-electron chi connectivity index (χ0n) is 19.4. The highest BCUT2D eigenvalue weighted by Crippen LogP contribution is 2.50. The van der Waals surface area contributed by atoms with E-state index in [1.165, 1.54) is 18.7 Å². The predicted molar refractivity (Wildman–Crippen MR) is 127 cm³/mol. The molecule has 0 spiro atoms. The van der Waals surface area contributed by atoms with E-state index in [1.807, 2.05) is 24.3 Å². The lowest BCUT2D eigenvalue weighted by atomic mass is 9.79. The minimum Gasteiger partial charge on any atom is -0.468 e. The predicted octanol–water partition coefficient (Wildman–Crippen LogP) is 3.98. The van der Waals surface area contributed by atoms with Crippen LogP contribution in [0, 0.1) is 5.82 Å². The van der Waals surface area contributed by atoms with Crippen molar-refractivity contribution in [2.45, 2.75) is 43.4 Å². The summed E-state index contributed by atoms with van der Waals surface area (Å²) in [5, 5.41) is 1.15. The Morgan fingerprint density at radius 2 is 1.79 bits per heavy atom. The Morgan fingerprint density at radius 3 is 2.59 bits per heavy atom. The number of nitrogens with one attached hydrogen (secondary N) is 1. The van der Waals surface area contributed by atoms with Gasteiger partial charge in [-0.25, -0.2) is 4.39 Å². The minimum absolute atomic E-state index is 0.0357. The molecular weight excluding hydrogens is 433 g/mol. The number of ether oxygens (including phenoxy) is 2. The molecule has 1 N–H and O–H groups in total. The Bertz CT molecular complexity index is 1200. The summed E-state index contributed by atoms with van der Waals surface area (Å²) in [6, 6.07) is 14.8. The number of nitrogens with zero attached hydrogens (tertiary/aromatic N) is 2. The molecule has 2 aromatic carbocycles. The lowest BCUT2D eigenvalue weighted by Gasteiger charge is -2.52. The summed E-state index contributed by atoms with van der Waals surface area (Å²) < 4.78 is 26.1. The van der Waals surface area contributed by atoms with Gasteiger partial charge >= 0.3 is 5.97 Å². The van der Waals surface area contributed by atoms with E-state index in [1.54, 1.807) is 6.07 Å². The Hall–Kier alpha value is -2.74. The summed E-state index contributed by atoms with van der Waals surface area (Å²) in [5.41, 5.74) is 4.07. The molecular formula is C27H30FN3O3. The second-order valence-electron chi connectivity index (χ2n) is 9.58. The largest absolute Gasteiger partial charge is 0.468 e. The molecule has 3 aliphatic heterocycles. The van der Waals surface area contributed by atoms with Gasteiger partial charge in [0, 0.05) is 53.8 Å². The van der Waals surface area contributed by atoms with Gasteiger partial charge < -0.3 is 14.5 Å². The summed E-state index contributed by atoms with van der Waals surface area (Å²) in [4.78, 5) is 21.5. The molecule has 6 rings (SSSR count). The van der Waals surface area contributed by atoms with Gasteiger partial charge in [-0.3, -0.25) is 14.6 Å². The molecule has 0 unspecified atom stereocenters. The van der Waals surface area contributed by atoms with E-state index in [0.717, 1.165) is 55.7 Å². The smallest absolute Gasteiger partial charge is 0.323 e. The molecule has 0 bridgehead atoms. The second kappa shape index (κ2) is 8.80. The van der Waals surface area contributed by atoms with Gasteiger partial charge in [0.1, 0.15) is 11.9 Å². The number of methoxy groups -OCH3 is 1. The average molecular weight is 464 g/mol. The molecule has 4 heterocycles. The highest BCUT2D eigenvalue weighted by atomic mass is 19.1. The van der Waals surface area contributed by atoms with Gasteiger partial charge in [0.25, 0.3) is 0 Å². The summed E-state index contributed by atoms with van der Waals surface area (Å²) in [6.07, 6.45) is 2.19. The van der Waals surface area contributed by atoms with Gasteiger partial charge in [0.2, 0.25) is 0 Å². The van der Waals surface area contributed by atoms with E-state index < -0.39 is 6.04 Å². The summed E-state index contributed by atoms with van der Waals surface area (Å²) in [6.45, 7) is 3.19. The Labute approximate surface area is 198 Å². The van der Waals surface area contributed by atoms with Crippen LogP contribution in [0.3, 0.4) is 0 Å². The first-order valence-corrected chi connectivity index (χ1v) is 12.2. The number of hydrogen-bond donors (Lipinski definition) is 1. The van der Waals surface area contributed by atoms with Gasteiger partial charge in [0.15, 0.2) is 0 Å². The molecule has 3 aromatic rings. The fourth-order valence-electron chi connectivity index (χ4n) is 6.41. The number of carbonyl (C=O) groups excluding carboxylic acids is 1. The maximum absolute atomic E-state index is 15.2. The molecule has 6 nitrogen and oxygen atoms in total. The third kappa shape index (κ3) is 3.54. The van der Waals surface area contributed by atoms with E-state index >= 15 is 4.39 Å². The van der Waals surface area contributed by atoms with Crippen molar-refractivity contribution in [1.82, 2.24) is 14.8 Å². The third-order valence-electron chi connectivity index (χ3n) is 7.95. The van der Waals surface area contributed by atoms with Crippen LogP contribution < -0.4 is 0 Å². The van der Waals surface area contributed by atoms with Gasteiger partial charge in [-0.05, 0) is 30.5 Å². The number of para-hydroxylation sites is 1. The van der Waals surface area contributed by atoms with Crippen molar-refractivity contribution >= 4 is 16.9 Å². The molecule has 7 heteroatoms. The normalized spacial score (nSPS) is 27.8. The number of fused-ring (bicyclic) bond motifs is 5. The average Bonchev–Trinajstić information content (AvgIpc) is 3.27. The van der Waals surface area contributed by atoms with Crippen molar-refractivity contribution < 1.29 is 18.7 Å². The number of piperidine rings is 1. The van der Waals surface area contributed by atoms with Gasteiger partial charge in [-0.15, -0.1) is 0 Å². The summed E-state index contributed by atoms with van der Waals surface area (Å²) in [7, 11) is 1.45. The van der Waals surface area contributed by atoms with Crippen molar-refractivity contribution in [2.24, 2.45) is 0 Å². The minimum atomic E-state index is -0.461. The topological polar surface area (TPSA) is 57.8 Å². The standard InChI is InChI=1S/C27H30FN3O3/c1-33-27(32)25-16-20-18-6-3-5-9-22(18)29-26(20)24-15-17(30-10-12-34-13-11-30)14-23(31(24)25)19-7-2-4-8-21(19)28/h2-9,17,23-25,29H,10-16H2,1H3/t17-,23-,24+,25-/m0/s1. The highest BCUT2D eigenvalue weighted by Gasteiger charge is 2.49. The quantitative estimate of drug-likeness (QED) is 0.596. The van der Waals surface area contributed by atoms with Gasteiger partial charge in [0.05, 0.1) is 26.4 Å². The number of esters is 1. The number of aromatic amines is 1. The molecule has 178 valence electrons. The van der Waals surface area contributed by atoms with Crippen LogP contribution in [0.15, 0.2) is 48.5 Å². The van der Waals surface area contributed by atoms with E-state index in [2.05, 4.69) is 26.9 Å². The molecule has 4 atom stereocenters. The van der Waals surface area contributed by atoms with Crippen LogP contribution in [-0.2, 0) is 20.7 Å². The molecule has 2 saturated heterocycles. The molecule has 0 aliphatic carbocycles. The van der Waals surface area contributed by atoms with Crippen LogP contribution in [0.4, 0.5) is 4.39 Å². The second-order valence-corrected chi connectivity index (χ2v) is 9.58. The van der Waals surface area contributed by atoms with Crippen LogP contribution in [0.25, 0.3) is 10.9 Å². The first-order valence-electron chi connectivity index (χ1n) is 12.2. The van der Waals surface area contributed by atoms with Gasteiger partial charge in [-0.1, -0.05) is 36.4 Å². The van der Waals surface area contributed by atoms with Crippen molar-refractivity contribution in [2.75, 3.05) is 33.4 Å². The monoisotopic (exact) mass is 463 g/mol. The van der Waals surface area contributed by atoms with E-state index in [4.69, 9.17) is 9.47 Å². The number of hydrogen-bond acceptors (Lipinski definition) is 5. The number of H-pyrrole nitrogens is 1. The maximum atomic E-state index is 15.2. The van der Waals surface area contributed by atoms with Crippen LogP contribution in [-0.4, -0.2) is 66.2 Å². The number of halogens is 1. The first-order chi connectivity index (χ1) is 16.7. The van der Waals surface area contributed by atoms with Crippen molar-refractivity contribution in [1.29, 1.82) is 0 Å². The molecule has 2 fully saturated rings. The number of benzene rings is 2. The van der Waals surface area contributed by atoms with Crippen LogP contribution >= 0.6 is 0 Å². The SMILES string of the molecule is COC(=O)[C@@H]1Cc2c([nH]c3ccccc23)[C@H]2C[C@@H](N3CCOCC3)C[C@@H](c3ccccc3F)N21. The first kappa shape index (κ1) is 21.8. The molecule has 0 amide bonds. The number of aromatic nitrogens is 1. The molecule has 34 heavy (non-hydrogen) atoms. The highest BCUT2D eigenvalue weighted by molar-refractivity contribution is 5.87. The lowest BCUT2D eigenvalue weighted by Crippen LogP contribution is -2.57. The van der Waals surface area contributed by atoms with Crippen molar-refractivity contribution in [3.05, 3.63) is 71.2 Å². The Balaban J connectivity index is 1.50. The molecule has 3 aliphatic rings. The van der Waals surface area contributed by atoms with Crippen molar-refractivity contribution in [3.8, 4) is 0 Å². The molecule has 0 saturated carbocycles. The summed E-state index contributed by atoms with van der Waals surface area (Å²) >= 11 is 0. The number of carbonyl (C=O) groups is 1. The van der Waals surface area contributed by atoms with E-state index in [0.29, 0.717) is 12.0 Å². The lowest BCUT2D eigenvalue weighted by molar-refractivity contribution is -0.153. The zero-order chi connectivity index (χ0) is 23.2. The Morgan fingerprint density at radius 1 is 1.06 bits per heavy atom. The molecule has 0 radical (unpaired) electrons. The van der Waals surface area contributed by atoms with Crippen LogP contribution in [0.2, 0.25) is 0 Å². The zero-order valence-corrected chi connectivity index (χ0v) is 19.4. The Kier molecular flexibility index (Phi) is 5.63.